The number of ether oxygens (including phenoxy) is 6. The number of phenolic OH excluding ortho intramolecular Hbond substituents is 3. The first-order chi connectivity index (χ1) is 59.3. The van der Waals surface area contributed by atoms with Crippen LogP contribution in [-0.4, -0.2) is 247 Å². The average Bonchev–Trinajstić information content (AvgIpc) is 0.769. The minimum absolute atomic E-state index is 0.121. The number of aliphatic hydroxyl groups excluding tert-OH is 6. The molecule has 24 N–H and O–H groups in total. The van der Waals surface area contributed by atoms with Crippen LogP contribution in [-0.2, 0) is 59.1 Å². The van der Waals surface area contributed by atoms with Gasteiger partial charge in [-0.25, -0.2) is 15.0 Å². The van der Waals surface area contributed by atoms with Gasteiger partial charge in [-0.2, -0.15) is 0 Å². The van der Waals surface area contributed by atoms with Crippen LogP contribution in [0, 0.1) is 5.92 Å². The van der Waals surface area contributed by atoms with Crippen LogP contribution in [0.1, 0.15) is 111 Å². The van der Waals surface area contributed by atoms with Gasteiger partial charge >= 0.3 is 12.1 Å². The van der Waals surface area contributed by atoms with Gasteiger partial charge in [-0.15, -0.1) is 0 Å². The van der Waals surface area contributed by atoms with E-state index in [1.807, 2.05) is 24.7 Å². The summed E-state index contributed by atoms with van der Waals surface area (Å²) < 4.78 is 39.6. The van der Waals surface area contributed by atoms with Crippen molar-refractivity contribution in [1.29, 1.82) is 0 Å². The Morgan fingerprint density at radius 3 is 1.93 bits per heavy atom. The summed E-state index contributed by atoms with van der Waals surface area (Å²) in [5, 5.41) is 130. The minimum atomic E-state index is -2.40. The number of amides is 12. The summed E-state index contributed by atoms with van der Waals surface area (Å²) in [6, 6.07) is 2.57. The maximum Gasteiger partial charge on any atom is 0.330 e. The average molecular weight is 1820 g/mol. The lowest BCUT2D eigenvalue weighted by molar-refractivity contribution is -0.334. The second kappa shape index (κ2) is 39.7. The standard InChI is InChI=1S/C81H95Cl4N15O25/c1-33(2)20-47(88-5)71(111)95-62-64(106)37-8-12-51(45(84)23-37)121-53-25-39-26-54(68(53)125-78-69(67(109)66(108)55(32-101)123-78)124-57-30-81(4,70(110)34(3)120-57)90-14-15-99-16-18-100(19-17-99)80(119)89-31-35-6-10-43(82)44(83)21-35)122-52-13-9-38(24-46(52)85)65(107)63-76(116)94-61(77(117)97-98-79(87)118)42-27-40(102)28-50(104)58(42)41-22-36(7-11-49(41)103)59(73(113)96-63)93-74(114)60(39)92-72(112)48(29-56(86)105)91-75(62)115/h6-13,21-28,33-34,47-48,55,57,59-67,69-70,78,88,90,101-104,106-110H,14-20,29-32H2,1-5H3,(H2,86,105)(H,89,119)(H,91,115)(H,92,112)(H,93,114)(H,94,116)(H,95,111)(H,96,113)(H,97,117)(H3,87,98,118)/t34?,47?,48?,55?,57?,59?,60?,61-,62?,63?,64?,65?,66?,67?,69?,70?,78?,81-/m1/s1. The molecular weight excluding hydrogens is 1720 g/mol. The Labute approximate surface area is 733 Å². The van der Waals surface area contributed by atoms with Gasteiger partial charge in [-0.1, -0.05) is 84.5 Å². The van der Waals surface area contributed by atoms with Crippen LogP contribution >= 0.6 is 46.4 Å². The van der Waals surface area contributed by atoms with E-state index in [1.165, 1.54) is 19.2 Å². The Balaban J connectivity index is 0.985. The molecule has 12 amide bonds. The van der Waals surface area contributed by atoms with Crippen molar-refractivity contribution in [2.45, 2.75) is 163 Å². The van der Waals surface area contributed by atoms with E-state index in [9.17, 15) is 69.9 Å². The van der Waals surface area contributed by atoms with Crippen molar-refractivity contribution >= 4 is 106 Å². The van der Waals surface area contributed by atoms with E-state index < -0.39 is 243 Å². The van der Waals surface area contributed by atoms with Crippen LogP contribution in [0.2, 0.25) is 20.1 Å². The number of rotatable bonds is 19. The highest BCUT2D eigenvalue weighted by atomic mass is 35.5. The molecule has 40 nitrogen and oxygen atoms in total. The van der Waals surface area contributed by atoms with Gasteiger partial charge in [-0.3, -0.25) is 48.7 Å². The van der Waals surface area contributed by atoms with Crippen molar-refractivity contribution in [3.8, 4) is 57.1 Å². The van der Waals surface area contributed by atoms with Gasteiger partial charge in [-0.05, 0) is 133 Å². The molecule has 0 aliphatic carbocycles. The topological polar surface area (TPSA) is 599 Å². The Bertz CT molecular complexity index is 5120. The number of hydrogen-bond acceptors (Lipinski definition) is 28. The highest BCUT2D eigenvalue weighted by Gasteiger charge is 2.52. The van der Waals surface area contributed by atoms with E-state index in [-0.39, 0.29) is 65.3 Å². The first kappa shape index (κ1) is 93.3. The third-order valence-electron chi connectivity index (χ3n) is 22.1. The lowest BCUT2D eigenvalue weighted by Gasteiger charge is -2.48. The van der Waals surface area contributed by atoms with Gasteiger partial charge in [0.2, 0.25) is 53.4 Å². The van der Waals surface area contributed by atoms with Crippen LogP contribution in [0.25, 0.3) is 11.1 Å². The molecule has 18 atom stereocenters. The number of hydrazine groups is 1. The number of nitrogens with zero attached hydrogens (tertiary/aromatic N) is 2. The van der Waals surface area contributed by atoms with Gasteiger partial charge in [0.15, 0.2) is 23.9 Å². The van der Waals surface area contributed by atoms with E-state index >= 15 is 24.0 Å². The quantitative estimate of drug-likeness (QED) is 0.0506. The molecule has 11 bridgehead atoms. The van der Waals surface area contributed by atoms with E-state index in [1.54, 1.807) is 36.9 Å². The molecule has 125 heavy (non-hydrogen) atoms. The molecule has 8 aliphatic heterocycles. The number of urea groups is 2. The largest absolute Gasteiger partial charge is 0.508 e. The predicted octanol–water partition coefficient (Wildman–Crippen LogP) is 1.19. The summed E-state index contributed by atoms with van der Waals surface area (Å²) in [5.74, 6) is -15.9. The fourth-order valence-electron chi connectivity index (χ4n) is 15.5. The second-order valence-corrected chi connectivity index (χ2v) is 33.1. The molecule has 3 fully saturated rings. The number of aromatic hydroxyl groups is 3. The number of hydrogen-bond donors (Lipinski definition) is 22. The molecule has 8 aliphatic rings. The van der Waals surface area contributed by atoms with Crippen molar-refractivity contribution in [1.82, 2.24) is 68.5 Å². The monoisotopic (exact) mass is 1820 g/mol. The normalized spacial score (nSPS) is 26.8. The summed E-state index contributed by atoms with van der Waals surface area (Å²) in [6.45, 7) is 8.54. The molecular formula is C81H95Cl4N15O25. The molecule has 16 unspecified atom stereocenters. The molecule has 0 spiro atoms. The smallest absolute Gasteiger partial charge is 0.330 e. The number of carbonyl (C=O) groups excluding carboxylic acids is 10. The summed E-state index contributed by atoms with van der Waals surface area (Å²) in [7, 11) is 1.47. The number of piperazine rings is 1. The van der Waals surface area contributed by atoms with Crippen LogP contribution < -0.4 is 84.4 Å². The summed E-state index contributed by atoms with van der Waals surface area (Å²) in [6.07, 6.45) is -19.0. The van der Waals surface area contributed by atoms with E-state index in [4.69, 9.17) is 86.3 Å². The van der Waals surface area contributed by atoms with Crippen LogP contribution in [0.5, 0.6) is 46.0 Å². The Hall–Kier alpha value is -10.9. The van der Waals surface area contributed by atoms with Gasteiger partial charge in [0, 0.05) is 75.0 Å². The molecule has 6 aromatic carbocycles. The first-order valence-electron chi connectivity index (χ1n) is 39.5. The van der Waals surface area contributed by atoms with Crippen molar-refractivity contribution < 1.29 is 122 Å². The number of phenols is 3. The molecule has 0 aromatic heterocycles. The van der Waals surface area contributed by atoms with Gasteiger partial charge in [0.05, 0.1) is 51.4 Å². The van der Waals surface area contributed by atoms with Crippen LogP contribution in [0.15, 0.2) is 97.1 Å². The maximum atomic E-state index is 16.3. The Kier molecular flexibility index (Phi) is 29.7. The SMILES string of the molecule is CNC(CC(C)C)C(=O)NC1C(=O)NC(CC(N)=O)C(=O)NC2C(=O)NC3C(=O)NC(C(=O)N[C@@H](C(=O)NNC(N)=O)c4cc(O)cc(O)c4-c4cc3ccc4O)C(O)c3ccc(c(Cl)c3)Oc3cc2cc(c3OC2OC(CO)C(O)C(O)C2OC2C[C@@](C)(NCCN3CCN(C(=O)NCc4ccc(Cl)c(Cl)c4)CC3)C(O)C(C)O2)Oc2ccc(cc2Cl)C1O. The summed E-state index contributed by atoms with van der Waals surface area (Å²) >= 11 is 26.6. The van der Waals surface area contributed by atoms with Crippen molar-refractivity contribution in [3.05, 3.63) is 151 Å². The number of nitrogens with two attached hydrogens (primary N) is 2. The number of likely N-dealkylation sites (N-methyl/N-ethyl adjacent to an activating group) is 1. The van der Waals surface area contributed by atoms with Crippen molar-refractivity contribution in [2.24, 2.45) is 17.4 Å². The minimum Gasteiger partial charge on any atom is -0.508 e. The number of nitrogens with one attached hydrogen (secondary N) is 11. The number of carbonyl (C=O) groups is 10. The van der Waals surface area contributed by atoms with Gasteiger partial charge in [0.1, 0.15) is 95.5 Å². The number of halogens is 4. The number of benzene rings is 6. The lowest BCUT2D eigenvalue weighted by Crippen LogP contribution is -2.66. The van der Waals surface area contributed by atoms with Crippen LogP contribution in [0.4, 0.5) is 9.59 Å². The van der Waals surface area contributed by atoms with Gasteiger partial charge in [0.25, 0.3) is 5.91 Å². The van der Waals surface area contributed by atoms with E-state index in [0.29, 0.717) is 42.8 Å². The first-order valence-corrected chi connectivity index (χ1v) is 41.0. The molecule has 0 saturated carbocycles. The third kappa shape index (κ3) is 21.5. The summed E-state index contributed by atoms with van der Waals surface area (Å²) in [5.41, 5.74) is 11.5. The van der Waals surface area contributed by atoms with Crippen LogP contribution in [0.3, 0.4) is 0 Å². The highest BCUT2D eigenvalue weighted by molar-refractivity contribution is 6.42. The Morgan fingerprint density at radius 2 is 1.30 bits per heavy atom. The highest BCUT2D eigenvalue weighted by Crippen LogP contribution is 2.50. The molecule has 14 rings (SSSR count). The fraction of sp³-hybridized carbons (Fsp3) is 0.432. The molecule has 0 radical (unpaired) electrons. The number of fused-ring (bicyclic) bond motifs is 15. The number of primary amides is 2. The maximum absolute atomic E-state index is 16.3. The molecule has 44 heteroatoms. The number of aliphatic hydroxyl groups is 6. The van der Waals surface area contributed by atoms with Crippen molar-refractivity contribution in [3.63, 3.8) is 0 Å². The Morgan fingerprint density at radius 1 is 0.664 bits per heavy atom. The summed E-state index contributed by atoms with van der Waals surface area (Å²) in [4.78, 5) is 149. The molecule has 3 saturated heterocycles. The molecule has 672 valence electrons. The van der Waals surface area contributed by atoms with Crippen molar-refractivity contribution in [2.75, 3.05) is 52.9 Å². The predicted molar refractivity (Wildman–Crippen MR) is 443 cm³/mol. The van der Waals surface area contributed by atoms with E-state index in [0.717, 1.165) is 72.3 Å². The fourth-order valence-corrected chi connectivity index (χ4v) is 16.2. The zero-order chi connectivity index (χ0) is 90.5. The lowest BCUT2D eigenvalue weighted by atomic mass is 9.85. The zero-order valence-electron chi connectivity index (χ0n) is 67.5. The van der Waals surface area contributed by atoms with Gasteiger partial charge < -0.3 is 139 Å². The third-order valence-corrected chi connectivity index (χ3v) is 23.4. The molecule has 6 aromatic rings. The molecule has 8 heterocycles. The zero-order valence-corrected chi connectivity index (χ0v) is 70.5. The van der Waals surface area contributed by atoms with E-state index in [2.05, 4.69) is 52.8 Å². The second-order valence-electron chi connectivity index (χ2n) is 31.4.